The van der Waals surface area contributed by atoms with Crippen LogP contribution in [-0.2, 0) is 9.53 Å². The fraction of sp³-hybridized carbons (Fsp3) is 0.571. The number of amides is 1. The molecular weight excluding hydrogens is 322 g/mol. The van der Waals surface area contributed by atoms with Crippen molar-refractivity contribution in [2.75, 3.05) is 11.9 Å². The van der Waals surface area contributed by atoms with Gasteiger partial charge in [0, 0.05) is 24.1 Å². The van der Waals surface area contributed by atoms with Crippen LogP contribution >= 0.6 is 15.9 Å². The van der Waals surface area contributed by atoms with Crippen molar-refractivity contribution in [3.63, 3.8) is 0 Å². The Morgan fingerprint density at radius 3 is 3.05 bits per heavy atom. The first-order valence-electron chi connectivity index (χ1n) is 6.71. The second kappa shape index (κ2) is 4.51. The molecule has 1 saturated heterocycles. The second-order valence-corrected chi connectivity index (χ2v) is 6.92. The molecule has 3 N–H and O–H groups in total. The van der Waals surface area contributed by atoms with Gasteiger partial charge in [0.1, 0.15) is 11.4 Å². The highest BCUT2D eigenvalue weighted by Crippen LogP contribution is 2.58. The Hall–Kier alpha value is -0.980. The summed E-state index contributed by atoms with van der Waals surface area (Å²) in [5, 5.41) is 2.84. The Balaban J connectivity index is 1.85. The molecule has 3 unspecified atom stereocenters. The topological polar surface area (TPSA) is 77.2 Å². The normalized spacial score (nSPS) is 34.2. The van der Waals surface area contributed by atoms with Crippen molar-refractivity contribution in [1.29, 1.82) is 0 Å². The lowest BCUT2D eigenvalue weighted by Crippen LogP contribution is -2.79. The van der Waals surface area contributed by atoms with Crippen LogP contribution in [0, 0.1) is 11.3 Å². The summed E-state index contributed by atoms with van der Waals surface area (Å²) in [4.78, 5) is 16.8. The number of halogens is 1. The summed E-state index contributed by atoms with van der Waals surface area (Å²) < 4.78 is 6.45. The minimum Gasteiger partial charge on any atom is -0.377 e. The van der Waals surface area contributed by atoms with Crippen LogP contribution in [0.15, 0.2) is 22.8 Å². The summed E-state index contributed by atoms with van der Waals surface area (Å²) >= 11 is 3.37. The molecule has 3 atom stereocenters. The molecule has 3 rings (SSSR count). The Bertz CT molecular complexity index is 563. The van der Waals surface area contributed by atoms with E-state index in [-0.39, 0.29) is 23.3 Å². The molecule has 20 heavy (non-hydrogen) atoms. The molecule has 0 aromatic carbocycles. The van der Waals surface area contributed by atoms with Crippen molar-refractivity contribution in [2.45, 2.75) is 31.9 Å². The van der Waals surface area contributed by atoms with Gasteiger partial charge in [0.05, 0.1) is 10.6 Å². The van der Waals surface area contributed by atoms with Gasteiger partial charge in [-0.3, -0.25) is 4.79 Å². The summed E-state index contributed by atoms with van der Waals surface area (Å²) in [6.07, 6.45) is 2.55. The number of aromatic nitrogens is 1. The number of hydrogen-bond donors (Lipinski definition) is 2. The standard InChI is InChI=1S/C14H18BrN3O2/c1-13(2)10-8(5-7-20-10)14(13,16)12(19)18-11-9(15)4-3-6-17-11/h3-4,6,8,10H,5,7,16H2,1-2H3,(H,17,18,19). The van der Waals surface area contributed by atoms with Crippen molar-refractivity contribution in [1.82, 2.24) is 4.98 Å². The van der Waals surface area contributed by atoms with E-state index in [0.717, 1.165) is 10.9 Å². The van der Waals surface area contributed by atoms with E-state index in [9.17, 15) is 4.79 Å². The molecule has 0 radical (unpaired) electrons. The summed E-state index contributed by atoms with van der Waals surface area (Å²) in [5.41, 5.74) is 5.19. The number of nitrogens with one attached hydrogen (secondary N) is 1. The first-order chi connectivity index (χ1) is 9.39. The molecule has 1 aromatic rings. The van der Waals surface area contributed by atoms with Crippen molar-refractivity contribution < 1.29 is 9.53 Å². The third-order valence-electron chi connectivity index (χ3n) is 4.82. The van der Waals surface area contributed by atoms with Gasteiger partial charge < -0.3 is 15.8 Å². The predicted octanol–water partition coefficient (Wildman–Crippen LogP) is 1.92. The van der Waals surface area contributed by atoms with Gasteiger partial charge >= 0.3 is 0 Å². The SMILES string of the molecule is CC1(C)C2OCCC2C1(N)C(=O)Nc1ncccc1Br. The number of nitrogens with zero attached hydrogens (tertiary/aromatic N) is 1. The number of nitrogens with two attached hydrogens (primary N) is 1. The van der Waals surface area contributed by atoms with Crippen LogP contribution in [-0.4, -0.2) is 29.1 Å². The van der Waals surface area contributed by atoms with E-state index >= 15 is 0 Å². The first kappa shape index (κ1) is 14.0. The third kappa shape index (κ3) is 1.68. The Labute approximate surface area is 126 Å². The maximum absolute atomic E-state index is 12.7. The van der Waals surface area contributed by atoms with Gasteiger partial charge in [0.2, 0.25) is 5.91 Å². The number of fused-ring (bicyclic) bond motifs is 1. The lowest BCUT2D eigenvalue weighted by atomic mass is 9.48. The van der Waals surface area contributed by atoms with E-state index in [4.69, 9.17) is 10.5 Å². The van der Waals surface area contributed by atoms with Gasteiger partial charge in [-0.1, -0.05) is 13.8 Å². The van der Waals surface area contributed by atoms with Crippen LogP contribution in [0.5, 0.6) is 0 Å². The number of carbonyl (C=O) groups excluding carboxylic acids is 1. The van der Waals surface area contributed by atoms with Crippen molar-refractivity contribution in [3.8, 4) is 0 Å². The molecule has 0 bridgehead atoms. The van der Waals surface area contributed by atoms with E-state index in [1.165, 1.54) is 0 Å². The number of rotatable bonds is 2. The van der Waals surface area contributed by atoms with Gasteiger partial charge in [0.15, 0.2) is 0 Å². The number of ether oxygens (including phenoxy) is 1. The van der Waals surface area contributed by atoms with Crippen LogP contribution in [0.3, 0.4) is 0 Å². The van der Waals surface area contributed by atoms with Crippen LogP contribution in [0.1, 0.15) is 20.3 Å². The van der Waals surface area contributed by atoms with Gasteiger partial charge in [-0.25, -0.2) is 4.98 Å². The van der Waals surface area contributed by atoms with Crippen LogP contribution in [0.25, 0.3) is 0 Å². The molecule has 2 aliphatic rings. The van der Waals surface area contributed by atoms with Crippen molar-refractivity contribution >= 4 is 27.7 Å². The highest BCUT2D eigenvalue weighted by Gasteiger charge is 2.71. The summed E-state index contributed by atoms with van der Waals surface area (Å²) in [6.45, 7) is 4.66. The largest absolute Gasteiger partial charge is 0.377 e. The maximum Gasteiger partial charge on any atom is 0.246 e. The van der Waals surface area contributed by atoms with Crippen molar-refractivity contribution in [3.05, 3.63) is 22.8 Å². The lowest BCUT2D eigenvalue weighted by Gasteiger charge is -2.60. The van der Waals surface area contributed by atoms with Gasteiger partial charge in [-0.2, -0.15) is 0 Å². The average molecular weight is 340 g/mol. The van der Waals surface area contributed by atoms with Crippen LogP contribution in [0.2, 0.25) is 0 Å². The maximum atomic E-state index is 12.7. The van der Waals surface area contributed by atoms with Gasteiger partial charge in [-0.15, -0.1) is 0 Å². The Morgan fingerprint density at radius 1 is 1.60 bits per heavy atom. The minimum atomic E-state index is -0.912. The van der Waals surface area contributed by atoms with E-state index in [0.29, 0.717) is 12.4 Å². The number of pyridine rings is 1. The molecule has 1 aliphatic carbocycles. The number of carbonyl (C=O) groups is 1. The van der Waals surface area contributed by atoms with Gasteiger partial charge in [0.25, 0.3) is 0 Å². The van der Waals surface area contributed by atoms with E-state index in [1.807, 2.05) is 19.9 Å². The Morgan fingerprint density at radius 2 is 2.35 bits per heavy atom. The molecule has 1 saturated carbocycles. The summed E-state index contributed by atoms with van der Waals surface area (Å²) in [6, 6.07) is 3.63. The average Bonchev–Trinajstić information content (AvgIpc) is 2.88. The quantitative estimate of drug-likeness (QED) is 0.862. The van der Waals surface area contributed by atoms with Gasteiger partial charge in [-0.05, 0) is 34.5 Å². The molecule has 108 valence electrons. The predicted molar refractivity (Wildman–Crippen MR) is 79.1 cm³/mol. The zero-order valence-electron chi connectivity index (χ0n) is 11.5. The molecule has 5 nitrogen and oxygen atoms in total. The highest BCUT2D eigenvalue weighted by molar-refractivity contribution is 9.10. The third-order valence-corrected chi connectivity index (χ3v) is 5.46. The lowest BCUT2D eigenvalue weighted by molar-refractivity contribution is -0.170. The molecule has 0 spiro atoms. The van der Waals surface area contributed by atoms with E-state index in [2.05, 4.69) is 26.2 Å². The fourth-order valence-electron chi connectivity index (χ4n) is 3.53. The minimum absolute atomic E-state index is 0.0745. The fourth-order valence-corrected chi connectivity index (χ4v) is 3.89. The summed E-state index contributed by atoms with van der Waals surface area (Å²) in [5.74, 6) is 0.397. The molecule has 2 fully saturated rings. The molecule has 1 aromatic heterocycles. The molecule has 2 heterocycles. The zero-order valence-corrected chi connectivity index (χ0v) is 13.1. The zero-order chi connectivity index (χ0) is 14.5. The Kier molecular flexibility index (Phi) is 3.15. The number of hydrogen-bond acceptors (Lipinski definition) is 4. The van der Waals surface area contributed by atoms with Crippen molar-refractivity contribution in [2.24, 2.45) is 17.1 Å². The monoisotopic (exact) mass is 339 g/mol. The van der Waals surface area contributed by atoms with E-state index < -0.39 is 5.54 Å². The molecular formula is C14H18BrN3O2. The smallest absolute Gasteiger partial charge is 0.246 e. The number of anilines is 1. The molecule has 1 aliphatic heterocycles. The van der Waals surface area contributed by atoms with E-state index in [1.54, 1.807) is 12.3 Å². The summed E-state index contributed by atoms with van der Waals surface area (Å²) in [7, 11) is 0. The molecule has 6 heteroatoms. The van der Waals surface area contributed by atoms with Crippen LogP contribution < -0.4 is 11.1 Å². The highest BCUT2D eigenvalue weighted by atomic mass is 79.9. The molecule has 1 amide bonds. The second-order valence-electron chi connectivity index (χ2n) is 6.07. The van der Waals surface area contributed by atoms with Crippen LogP contribution in [0.4, 0.5) is 5.82 Å². The first-order valence-corrected chi connectivity index (χ1v) is 7.51.